The van der Waals surface area contributed by atoms with E-state index in [0.29, 0.717) is 11.1 Å². The van der Waals surface area contributed by atoms with Gasteiger partial charge in [-0.1, -0.05) is 23.7 Å². The third-order valence-electron chi connectivity index (χ3n) is 2.63. The monoisotopic (exact) mass is 238 g/mol. The number of nitrogens with one attached hydrogen (secondary N) is 2. The third kappa shape index (κ3) is 3.14. The van der Waals surface area contributed by atoms with E-state index in [4.69, 9.17) is 11.6 Å². The van der Waals surface area contributed by atoms with Crippen LogP contribution in [0.5, 0.6) is 0 Å². The SMILES string of the molecule is CC(NC(=O)NC1CC1)c1ccc(Cl)cc1. The van der Waals surface area contributed by atoms with E-state index in [1.165, 1.54) is 0 Å². The highest BCUT2D eigenvalue weighted by molar-refractivity contribution is 6.30. The van der Waals surface area contributed by atoms with Crippen molar-refractivity contribution >= 4 is 17.6 Å². The molecule has 86 valence electrons. The quantitative estimate of drug-likeness (QED) is 0.835. The Bertz CT molecular complexity index is 373. The van der Waals surface area contributed by atoms with Crippen molar-refractivity contribution < 1.29 is 4.79 Å². The number of rotatable bonds is 3. The fourth-order valence-electron chi connectivity index (χ4n) is 1.49. The lowest BCUT2D eigenvalue weighted by Gasteiger charge is -2.14. The van der Waals surface area contributed by atoms with Gasteiger partial charge in [0.1, 0.15) is 0 Å². The molecule has 0 aromatic heterocycles. The molecule has 1 atom stereocenters. The number of carbonyl (C=O) groups is 1. The Morgan fingerprint density at radius 1 is 1.38 bits per heavy atom. The van der Waals surface area contributed by atoms with Crippen LogP contribution in [-0.2, 0) is 0 Å². The molecule has 0 heterocycles. The van der Waals surface area contributed by atoms with Crippen molar-refractivity contribution in [1.82, 2.24) is 10.6 Å². The molecule has 3 nitrogen and oxygen atoms in total. The molecular weight excluding hydrogens is 224 g/mol. The zero-order valence-corrected chi connectivity index (χ0v) is 9.92. The van der Waals surface area contributed by atoms with Gasteiger partial charge in [-0.3, -0.25) is 0 Å². The Morgan fingerprint density at radius 3 is 2.56 bits per heavy atom. The Morgan fingerprint density at radius 2 is 2.00 bits per heavy atom. The van der Waals surface area contributed by atoms with Crippen molar-refractivity contribution in [1.29, 1.82) is 0 Å². The van der Waals surface area contributed by atoms with Crippen molar-refractivity contribution in [2.45, 2.75) is 31.8 Å². The molecule has 4 heteroatoms. The van der Waals surface area contributed by atoms with Crippen LogP contribution in [0.2, 0.25) is 5.02 Å². The molecule has 1 saturated carbocycles. The second-order valence-corrected chi connectivity index (χ2v) is 4.60. The van der Waals surface area contributed by atoms with Crippen molar-refractivity contribution in [3.05, 3.63) is 34.9 Å². The molecule has 16 heavy (non-hydrogen) atoms. The largest absolute Gasteiger partial charge is 0.335 e. The maximum atomic E-state index is 11.5. The molecule has 2 N–H and O–H groups in total. The molecule has 0 spiro atoms. The molecular formula is C12H15ClN2O. The lowest BCUT2D eigenvalue weighted by atomic mass is 10.1. The molecule has 2 amide bonds. The predicted molar refractivity (Wildman–Crippen MR) is 64.6 cm³/mol. The highest BCUT2D eigenvalue weighted by atomic mass is 35.5. The number of hydrogen-bond donors (Lipinski definition) is 2. The van der Waals surface area contributed by atoms with E-state index in [-0.39, 0.29) is 12.1 Å². The first-order chi connectivity index (χ1) is 7.65. The van der Waals surface area contributed by atoms with E-state index in [2.05, 4.69) is 10.6 Å². The Balaban J connectivity index is 1.88. The minimum Gasteiger partial charge on any atom is -0.335 e. The standard InChI is InChI=1S/C12H15ClN2O/c1-8(9-2-4-10(13)5-3-9)14-12(16)15-11-6-7-11/h2-5,8,11H,6-7H2,1H3,(H2,14,15,16). The topological polar surface area (TPSA) is 41.1 Å². The second kappa shape index (κ2) is 4.74. The molecule has 1 unspecified atom stereocenters. The van der Waals surface area contributed by atoms with Crippen LogP contribution in [-0.4, -0.2) is 12.1 Å². The second-order valence-electron chi connectivity index (χ2n) is 4.17. The van der Waals surface area contributed by atoms with Crippen molar-refractivity contribution in [2.75, 3.05) is 0 Å². The van der Waals surface area contributed by atoms with E-state index in [0.717, 1.165) is 18.4 Å². The van der Waals surface area contributed by atoms with Gasteiger partial charge in [0.2, 0.25) is 0 Å². The fourth-order valence-corrected chi connectivity index (χ4v) is 1.61. The summed E-state index contributed by atoms with van der Waals surface area (Å²) in [5.74, 6) is 0. The normalized spacial score (nSPS) is 16.6. The van der Waals surface area contributed by atoms with Gasteiger partial charge in [0.25, 0.3) is 0 Å². The first-order valence-corrected chi connectivity index (χ1v) is 5.85. The smallest absolute Gasteiger partial charge is 0.315 e. The van der Waals surface area contributed by atoms with Crippen LogP contribution >= 0.6 is 11.6 Å². The number of urea groups is 1. The molecule has 1 aliphatic rings. The third-order valence-corrected chi connectivity index (χ3v) is 2.88. The number of amides is 2. The van der Waals surface area contributed by atoms with E-state index in [1.54, 1.807) is 0 Å². The average Bonchev–Trinajstić information content (AvgIpc) is 3.02. The van der Waals surface area contributed by atoms with Crippen LogP contribution in [0.1, 0.15) is 31.4 Å². The van der Waals surface area contributed by atoms with Crippen LogP contribution in [0.4, 0.5) is 4.79 Å². The minimum absolute atomic E-state index is 0.00369. The van der Waals surface area contributed by atoms with Crippen LogP contribution < -0.4 is 10.6 Å². The summed E-state index contributed by atoms with van der Waals surface area (Å²) in [7, 11) is 0. The number of carbonyl (C=O) groups excluding carboxylic acids is 1. The molecule has 0 bridgehead atoms. The zero-order valence-electron chi connectivity index (χ0n) is 9.16. The number of benzene rings is 1. The summed E-state index contributed by atoms with van der Waals surface area (Å²) in [6, 6.07) is 7.79. The molecule has 0 aliphatic heterocycles. The number of hydrogen-bond acceptors (Lipinski definition) is 1. The number of halogens is 1. The predicted octanol–water partition coefficient (Wildman–Crippen LogP) is 2.86. The van der Waals surface area contributed by atoms with Crippen LogP contribution in [0.3, 0.4) is 0 Å². The maximum Gasteiger partial charge on any atom is 0.315 e. The molecule has 2 rings (SSSR count). The summed E-state index contributed by atoms with van der Waals surface area (Å²) < 4.78 is 0. The fraction of sp³-hybridized carbons (Fsp3) is 0.417. The molecule has 0 radical (unpaired) electrons. The van der Waals surface area contributed by atoms with E-state index < -0.39 is 0 Å². The summed E-state index contributed by atoms with van der Waals surface area (Å²) >= 11 is 5.80. The van der Waals surface area contributed by atoms with Gasteiger partial charge in [0, 0.05) is 11.1 Å². The summed E-state index contributed by atoms with van der Waals surface area (Å²) in [6.07, 6.45) is 2.20. The Hall–Kier alpha value is -1.22. The van der Waals surface area contributed by atoms with Gasteiger partial charge in [0.05, 0.1) is 6.04 Å². The minimum atomic E-state index is -0.0926. The lowest BCUT2D eigenvalue weighted by Crippen LogP contribution is -2.38. The first kappa shape index (κ1) is 11.3. The highest BCUT2D eigenvalue weighted by Crippen LogP contribution is 2.19. The first-order valence-electron chi connectivity index (χ1n) is 5.47. The van der Waals surface area contributed by atoms with Crippen LogP contribution in [0, 0.1) is 0 Å². The zero-order chi connectivity index (χ0) is 11.5. The summed E-state index contributed by atoms with van der Waals surface area (Å²) in [5.41, 5.74) is 1.05. The molecule has 1 aliphatic carbocycles. The molecule has 1 aromatic carbocycles. The molecule has 1 fully saturated rings. The molecule has 0 saturated heterocycles. The highest BCUT2D eigenvalue weighted by Gasteiger charge is 2.23. The average molecular weight is 239 g/mol. The van der Waals surface area contributed by atoms with Gasteiger partial charge in [0.15, 0.2) is 0 Å². The van der Waals surface area contributed by atoms with Gasteiger partial charge in [-0.2, -0.15) is 0 Å². The summed E-state index contributed by atoms with van der Waals surface area (Å²) in [5, 5.41) is 6.49. The van der Waals surface area contributed by atoms with Crippen LogP contribution in [0.15, 0.2) is 24.3 Å². The summed E-state index contributed by atoms with van der Waals surface area (Å²) in [6.45, 7) is 1.95. The van der Waals surface area contributed by atoms with Crippen molar-refractivity contribution in [3.8, 4) is 0 Å². The van der Waals surface area contributed by atoms with Gasteiger partial charge in [-0.25, -0.2) is 4.79 Å². The van der Waals surface area contributed by atoms with Gasteiger partial charge >= 0.3 is 6.03 Å². The van der Waals surface area contributed by atoms with Gasteiger partial charge in [-0.05, 0) is 37.5 Å². The molecule has 1 aromatic rings. The van der Waals surface area contributed by atoms with Crippen molar-refractivity contribution in [2.24, 2.45) is 0 Å². The Kier molecular flexibility index (Phi) is 3.34. The van der Waals surface area contributed by atoms with Crippen LogP contribution in [0.25, 0.3) is 0 Å². The maximum absolute atomic E-state index is 11.5. The Labute approximate surface area is 100 Å². The van der Waals surface area contributed by atoms with E-state index in [1.807, 2.05) is 31.2 Å². The van der Waals surface area contributed by atoms with Crippen molar-refractivity contribution in [3.63, 3.8) is 0 Å². The summed E-state index contributed by atoms with van der Waals surface area (Å²) in [4.78, 5) is 11.5. The van der Waals surface area contributed by atoms with E-state index in [9.17, 15) is 4.79 Å². The lowest BCUT2D eigenvalue weighted by molar-refractivity contribution is 0.237. The van der Waals surface area contributed by atoms with Gasteiger partial charge < -0.3 is 10.6 Å². The van der Waals surface area contributed by atoms with E-state index >= 15 is 0 Å². The van der Waals surface area contributed by atoms with Gasteiger partial charge in [-0.15, -0.1) is 0 Å².